The van der Waals surface area contributed by atoms with Crippen LogP contribution < -0.4 is 10.0 Å². The maximum atomic E-state index is 12.1. The average molecular weight is 429 g/mol. The Morgan fingerprint density at radius 2 is 1.83 bits per heavy atom. The minimum absolute atomic E-state index is 0.0628. The number of amides is 1. The number of ether oxygens (including phenoxy) is 1. The third-order valence-corrected chi connectivity index (χ3v) is 5.87. The number of amidine groups is 1. The number of anilines is 1. The summed E-state index contributed by atoms with van der Waals surface area (Å²) in [7, 11) is -3.58. The Labute approximate surface area is 175 Å². The van der Waals surface area contributed by atoms with Crippen LogP contribution in [0.1, 0.15) is 30.9 Å². The number of fused-ring (bicyclic) bond motifs is 1. The maximum absolute atomic E-state index is 12.1. The zero-order valence-corrected chi connectivity index (χ0v) is 17.5. The van der Waals surface area contributed by atoms with Crippen molar-refractivity contribution < 1.29 is 22.7 Å². The third kappa shape index (κ3) is 5.24. The Hall–Kier alpha value is -3.20. The minimum atomic E-state index is -3.58. The molecule has 30 heavy (non-hydrogen) atoms. The Balaban J connectivity index is 1.45. The normalized spacial score (nSPS) is 16.4. The van der Waals surface area contributed by atoms with E-state index >= 15 is 0 Å². The first-order chi connectivity index (χ1) is 14.3. The molecule has 3 rings (SSSR count). The molecule has 2 N–H and O–H groups in total. The van der Waals surface area contributed by atoms with Crippen molar-refractivity contribution in [1.82, 2.24) is 4.72 Å². The van der Waals surface area contributed by atoms with E-state index in [1.54, 1.807) is 30.3 Å². The van der Waals surface area contributed by atoms with Crippen LogP contribution in [0.4, 0.5) is 5.69 Å². The average Bonchev–Trinajstić information content (AvgIpc) is 2.97. The number of benzene rings is 2. The zero-order chi connectivity index (χ0) is 21.7. The van der Waals surface area contributed by atoms with Gasteiger partial charge in [0.2, 0.25) is 0 Å². The van der Waals surface area contributed by atoms with E-state index in [1.165, 1.54) is 13.0 Å². The number of hydrogen-bond acceptors (Lipinski definition) is 6. The summed E-state index contributed by atoms with van der Waals surface area (Å²) >= 11 is 0. The van der Waals surface area contributed by atoms with Crippen molar-refractivity contribution in [3.8, 4) is 0 Å². The van der Waals surface area contributed by atoms with Gasteiger partial charge in [-0.2, -0.15) is 0 Å². The number of nitrogens with one attached hydrogen (secondary N) is 2. The van der Waals surface area contributed by atoms with Crippen LogP contribution in [0.2, 0.25) is 0 Å². The first-order valence-electron chi connectivity index (χ1n) is 9.50. The van der Waals surface area contributed by atoms with Gasteiger partial charge in [-0.1, -0.05) is 29.8 Å². The third-order valence-electron chi connectivity index (χ3n) is 4.47. The highest BCUT2D eigenvalue weighted by molar-refractivity contribution is 7.90. The predicted octanol–water partition coefficient (Wildman–Crippen LogP) is 2.38. The summed E-state index contributed by atoms with van der Waals surface area (Å²) in [6.45, 7) is 3.69. The van der Waals surface area contributed by atoms with Crippen LogP contribution in [-0.2, 0) is 24.3 Å². The number of hydrogen-bond donors (Lipinski definition) is 2. The summed E-state index contributed by atoms with van der Waals surface area (Å²) in [5.41, 5.74) is 2.22. The van der Waals surface area contributed by atoms with E-state index < -0.39 is 28.0 Å². The molecular weight excluding hydrogens is 406 g/mol. The van der Waals surface area contributed by atoms with Crippen LogP contribution >= 0.6 is 0 Å². The van der Waals surface area contributed by atoms with Gasteiger partial charge in [-0.15, -0.1) is 0 Å². The fourth-order valence-electron chi connectivity index (χ4n) is 2.86. The van der Waals surface area contributed by atoms with E-state index in [0.29, 0.717) is 17.7 Å². The molecule has 2 aromatic rings. The Bertz CT molecular complexity index is 1080. The number of carbonyl (C=O) groups excluding carboxylic acids is 2. The second-order valence-electron chi connectivity index (χ2n) is 6.92. The predicted molar refractivity (Wildman–Crippen MR) is 113 cm³/mol. The number of sulfonamides is 1. The van der Waals surface area contributed by atoms with Crippen LogP contribution in [-0.4, -0.2) is 38.8 Å². The zero-order valence-electron chi connectivity index (χ0n) is 16.7. The Morgan fingerprint density at radius 3 is 2.57 bits per heavy atom. The van der Waals surface area contributed by atoms with Crippen molar-refractivity contribution in [2.75, 3.05) is 11.9 Å². The lowest BCUT2D eigenvalue weighted by Crippen LogP contribution is -2.30. The van der Waals surface area contributed by atoms with Gasteiger partial charge in [0.05, 0.1) is 4.90 Å². The molecule has 0 saturated heterocycles. The summed E-state index contributed by atoms with van der Waals surface area (Å²) < 4.78 is 31.6. The monoisotopic (exact) mass is 429 g/mol. The second kappa shape index (κ2) is 9.08. The molecule has 0 aromatic heterocycles. The van der Waals surface area contributed by atoms with Crippen molar-refractivity contribution in [1.29, 1.82) is 0 Å². The molecule has 1 aliphatic rings. The molecule has 0 radical (unpaired) electrons. The highest BCUT2D eigenvalue weighted by Crippen LogP contribution is 2.22. The standard InChI is InChI=1S/C21H23N3O5S/c1-14-9-11-16(12-10-14)23-21(26)15(2)29-19(25)8-5-13-22-20-17-6-3-4-7-18(17)30(27,28)24-20/h3-4,6-7,9-12,15H,5,8,13H2,1-2H3,(H,22,24)(H,23,26)/t15-/m1/s1. The lowest BCUT2D eigenvalue weighted by atomic mass is 10.2. The second-order valence-corrected chi connectivity index (χ2v) is 8.57. The summed E-state index contributed by atoms with van der Waals surface area (Å²) in [4.78, 5) is 28.6. The molecule has 2 aromatic carbocycles. The molecular formula is C21H23N3O5S. The van der Waals surface area contributed by atoms with Gasteiger partial charge >= 0.3 is 5.97 Å². The summed E-state index contributed by atoms with van der Waals surface area (Å²) in [5.74, 6) is -0.664. The quantitative estimate of drug-likeness (QED) is 0.518. The highest BCUT2D eigenvalue weighted by Gasteiger charge is 2.29. The fourth-order valence-corrected chi connectivity index (χ4v) is 4.11. The van der Waals surface area contributed by atoms with Gasteiger partial charge in [-0.25, -0.2) is 8.42 Å². The Morgan fingerprint density at radius 1 is 1.13 bits per heavy atom. The van der Waals surface area contributed by atoms with E-state index in [1.807, 2.05) is 19.1 Å². The van der Waals surface area contributed by atoms with Crippen LogP contribution in [0.5, 0.6) is 0 Å². The first-order valence-corrected chi connectivity index (χ1v) is 11.0. The van der Waals surface area contributed by atoms with E-state index in [9.17, 15) is 18.0 Å². The molecule has 0 bridgehead atoms. The lowest BCUT2D eigenvalue weighted by molar-refractivity contribution is -0.153. The Kier molecular flexibility index (Phi) is 6.51. The molecule has 1 heterocycles. The van der Waals surface area contributed by atoms with Gasteiger partial charge in [0.15, 0.2) is 6.10 Å². The van der Waals surface area contributed by atoms with Gasteiger partial charge in [-0.3, -0.25) is 19.3 Å². The molecule has 1 amide bonds. The smallest absolute Gasteiger partial charge is 0.306 e. The summed E-state index contributed by atoms with van der Waals surface area (Å²) in [6, 6.07) is 13.9. The molecule has 8 nitrogen and oxygen atoms in total. The van der Waals surface area contributed by atoms with Crippen LogP contribution in [0.3, 0.4) is 0 Å². The molecule has 0 aliphatic carbocycles. The topological polar surface area (TPSA) is 114 Å². The number of rotatable bonds is 7. The first kappa shape index (κ1) is 21.5. The van der Waals surface area contributed by atoms with Crippen LogP contribution in [0.15, 0.2) is 58.4 Å². The van der Waals surface area contributed by atoms with Gasteiger partial charge < -0.3 is 10.1 Å². The number of esters is 1. The molecule has 0 fully saturated rings. The van der Waals surface area contributed by atoms with Crippen molar-refractivity contribution in [3.05, 3.63) is 59.7 Å². The van der Waals surface area contributed by atoms with Gasteiger partial charge in [0, 0.05) is 24.2 Å². The number of nitrogens with zero attached hydrogens (tertiary/aromatic N) is 1. The molecule has 9 heteroatoms. The van der Waals surface area contributed by atoms with E-state index in [2.05, 4.69) is 15.0 Å². The van der Waals surface area contributed by atoms with Crippen molar-refractivity contribution in [2.45, 2.75) is 37.7 Å². The van der Waals surface area contributed by atoms with Crippen molar-refractivity contribution >= 4 is 33.4 Å². The largest absolute Gasteiger partial charge is 0.453 e. The molecule has 1 atom stereocenters. The van der Waals surface area contributed by atoms with Gasteiger partial charge in [0.25, 0.3) is 15.9 Å². The van der Waals surface area contributed by atoms with Crippen LogP contribution in [0.25, 0.3) is 0 Å². The number of aliphatic imine (C=N–C) groups is 1. The van der Waals surface area contributed by atoms with Crippen molar-refractivity contribution in [3.63, 3.8) is 0 Å². The molecule has 158 valence electrons. The molecule has 0 saturated carbocycles. The number of carbonyl (C=O) groups is 2. The van der Waals surface area contributed by atoms with Gasteiger partial charge in [0.1, 0.15) is 5.84 Å². The minimum Gasteiger partial charge on any atom is -0.453 e. The SMILES string of the molecule is Cc1ccc(NC(=O)[C@@H](C)OC(=O)CCCN=C2NS(=O)(=O)c3ccccc32)cc1. The highest BCUT2D eigenvalue weighted by atomic mass is 32.2. The van der Waals surface area contributed by atoms with Crippen molar-refractivity contribution in [2.24, 2.45) is 4.99 Å². The fraction of sp³-hybridized carbons (Fsp3) is 0.286. The van der Waals surface area contributed by atoms with E-state index in [4.69, 9.17) is 4.74 Å². The van der Waals surface area contributed by atoms with Crippen LogP contribution in [0, 0.1) is 6.92 Å². The molecule has 0 unspecified atom stereocenters. The van der Waals surface area contributed by atoms with E-state index in [-0.39, 0.29) is 23.7 Å². The summed E-state index contributed by atoms with van der Waals surface area (Å²) in [5, 5.41) is 2.69. The molecule has 1 aliphatic heterocycles. The lowest BCUT2D eigenvalue weighted by Gasteiger charge is -2.13. The van der Waals surface area contributed by atoms with E-state index in [0.717, 1.165) is 5.56 Å². The maximum Gasteiger partial charge on any atom is 0.306 e. The molecule has 0 spiro atoms. The number of aryl methyl sites for hydroxylation is 1. The summed E-state index contributed by atoms with van der Waals surface area (Å²) in [6.07, 6.45) is -0.509. The van der Waals surface area contributed by atoms with Gasteiger partial charge in [-0.05, 0) is 44.5 Å².